The lowest BCUT2D eigenvalue weighted by molar-refractivity contribution is 0.198. The van der Waals surface area contributed by atoms with Crippen LogP contribution in [-0.4, -0.2) is 29.0 Å². The van der Waals surface area contributed by atoms with E-state index >= 15 is 0 Å². The summed E-state index contributed by atoms with van der Waals surface area (Å²) < 4.78 is 12.7. The largest absolute Gasteiger partial charge is 0.385 e. The maximum atomic E-state index is 5.70. The van der Waals surface area contributed by atoms with Crippen LogP contribution in [0.4, 0.5) is 5.82 Å². The van der Waals surface area contributed by atoms with E-state index in [9.17, 15) is 0 Å². The summed E-state index contributed by atoms with van der Waals surface area (Å²) in [6.07, 6.45) is 0.935. The Bertz CT molecular complexity index is 230. The first-order valence-corrected chi connectivity index (χ1v) is 4.66. The number of nitrogens with zero attached hydrogens (tertiary/aromatic N) is 2. The molecule has 0 bridgehead atoms. The van der Waals surface area contributed by atoms with Crippen LogP contribution < -0.4 is 5.32 Å². The third-order valence-corrected chi connectivity index (χ3v) is 2.16. The van der Waals surface area contributed by atoms with Gasteiger partial charge in [0.15, 0.2) is 11.0 Å². The number of aromatic nitrogens is 2. The first-order valence-electron chi connectivity index (χ1n) is 3.55. The summed E-state index contributed by atoms with van der Waals surface area (Å²) in [6, 6.07) is 0. The van der Waals surface area contributed by atoms with E-state index in [0.717, 1.165) is 31.3 Å². The normalized spacial score (nSPS) is 10.2. The predicted octanol–water partition coefficient (Wildman–Crippen LogP) is 1.64. The lowest BCUT2D eigenvalue weighted by atomic mass is 10.4. The van der Waals surface area contributed by atoms with Crippen molar-refractivity contribution in [3.63, 3.8) is 0 Å². The van der Waals surface area contributed by atoms with E-state index in [1.165, 1.54) is 0 Å². The molecule has 68 valence electrons. The maximum Gasteiger partial charge on any atom is 0.186 e. The van der Waals surface area contributed by atoms with Gasteiger partial charge in [-0.25, -0.2) is 0 Å². The van der Waals surface area contributed by atoms with E-state index in [0.29, 0.717) is 11.0 Å². The molecule has 1 aromatic heterocycles. The molecule has 0 aromatic carbocycles. The van der Waals surface area contributed by atoms with E-state index < -0.39 is 0 Å². The second-order valence-electron chi connectivity index (χ2n) is 2.18. The number of hydrogen-bond acceptors (Lipinski definition) is 5. The van der Waals surface area contributed by atoms with Gasteiger partial charge in [0.1, 0.15) is 0 Å². The molecule has 0 amide bonds. The molecule has 0 fully saturated rings. The van der Waals surface area contributed by atoms with Crippen molar-refractivity contribution in [1.82, 2.24) is 8.75 Å². The molecule has 0 aliphatic carbocycles. The second-order valence-corrected chi connectivity index (χ2v) is 3.06. The van der Waals surface area contributed by atoms with Crippen molar-refractivity contribution >= 4 is 29.1 Å². The Morgan fingerprint density at radius 1 is 1.58 bits per heavy atom. The molecule has 0 atom stereocenters. The fourth-order valence-electron chi connectivity index (χ4n) is 0.706. The molecule has 1 heterocycles. The number of methoxy groups -OCH3 is 1. The lowest BCUT2D eigenvalue weighted by Gasteiger charge is -2.00. The zero-order chi connectivity index (χ0) is 8.81. The van der Waals surface area contributed by atoms with E-state index in [2.05, 4.69) is 14.1 Å². The number of rotatable bonds is 5. The van der Waals surface area contributed by atoms with Gasteiger partial charge in [0.05, 0.1) is 11.7 Å². The Morgan fingerprint density at radius 3 is 3.00 bits per heavy atom. The van der Waals surface area contributed by atoms with Crippen LogP contribution in [0, 0.1) is 0 Å². The van der Waals surface area contributed by atoms with Crippen molar-refractivity contribution < 1.29 is 4.74 Å². The number of halogens is 1. The highest BCUT2D eigenvalue weighted by atomic mass is 35.5. The minimum absolute atomic E-state index is 0.442. The first-order chi connectivity index (χ1) is 5.84. The Morgan fingerprint density at radius 2 is 2.42 bits per heavy atom. The summed E-state index contributed by atoms with van der Waals surface area (Å²) in [5, 5.41) is 3.49. The summed E-state index contributed by atoms with van der Waals surface area (Å²) in [5.74, 6) is 0.665. The standard InChI is InChI=1S/C6H10ClN3OS/c1-11-4-2-3-8-6-5(7)9-12-10-6/h2-4H2,1H3,(H,8,10). The monoisotopic (exact) mass is 207 g/mol. The van der Waals surface area contributed by atoms with Gasteiger partial charge in [-0.3, -0.25) is 0 Å². The van der Waals surface area contributed by atoms with Crippen molar-refractivity contribution in [2.45, 2.75) is 6.42 Å². The molecule has 0 unspecified atom stereocenters. The topological polar surface area (TPSA) is 47.0 Å². The summed E-state index contributed by atoms with van der Waals surface area (Å²) in [5.41, 5.74) is 0. The smallest absolute Gasteiger partial charge is 0.186 e. The van der Waals surface area contributed by atoms with Crippen LogP contribution >= 0.6 is 23.3 Å². The Balaban J connectivity index is 2.20. The average Bonchev–Trinajstić information content (AvgIpc) is 2.46. The quantitative estimate of drug-likeness (QED) is 0.746. The molecule has 0 spiro atoms. The van der Waals surface area contributed by atoms with Crippen LogP contribution in [0.1, 0.15) is 6.42 Å². The maximum absolute atomic E-state index is 5.70. The summed E-state index contributed by atoms with van der Waals surface area (Å²) in [6.45, 7) is 1.54. The van der Waals surface area contributed by atoms with Gasteiger partial charge >= 0.3 is 0 Å². The Kier molecular flexibility index (Phi) is 4.27. The highest BCUT2D eigenvalue weighted by Crippen LogP contribution is 2.17. The van der Waals surface area contributed by atoms with Gasteiger partial charge in [0, 0.05) is 20.3 Å². The molecule has 0 saturated heterocycles. The Hall–Kier alpha value is -0.390. The zero-order valence-electron chi connectivity index (χ0n) is 6.71. The highest BCUT2D eigenvalue weighted by Gasteiger charge is 2.02. The fraction of sp³-hybridized carbons (Fsp3) is 0.667. The SMILES string of the molecule is COCCCNc1nsnc1Cl. The van der Waals surface area contributed by atoms with E-state index in [4.69, 9.17) is 16.3 Å². The highest BCUT2D eigenvalue weighted by molar-refractivity contribution is 6.99. The Labute approximate surface area is 80.2 Å². The minimum Gasteiger partial charge on any atom is -0.385 e. The number of nitrogens with one attached hydrogen (secondary N) is 1. The van der Waals surface area contributed by atoms with Crippen LogP contribution in [0.25, 0.3) is 0 Å². The third-order valence-electron chi connectivity index (χ3n) is 1.27. The molecule has 0 radical (unpaired) electrons. The van der Waals surface area contributed by atoms with Gasteiger partial charge < -0.3 is 10.1 Å². The fourth-order valence-corrected chi connectivity index (χ4v) is 1.39. The molecule has 1 aromatic rings. The van der Waals surface area contributed by atoms with E-state index in [-0.39, 0.29) is 0 Å². The van der Waals surface area contributed by atoms with Gasteiger partial charge in [-0.1, -0.05) is 11.6 Å². The number of anilines is 1. The molecule has 6 heteroatoms. The van der Waals surface area contributed by atoms with Crippen molar-refractivity contribution in [2.75, 3.05) is 25.6 Å². The third kappa shape index (κ3) is 2.92. The summed E-state index contributed by atoms with van der Waals surface area (Å²) in [4.78, 5) is 0. The minimum atomic E-state index is 0.442. The van der Waals surface area contributed by atoms with Crippen LogP contribution in [0.5, 0.6) is 0 Å². The van der Waals surface area contributed by atoms with Crippen LogP contribution in [-0.2, 0) is 4.74 Å². The van der Waals surface area contributed by atoms with Crippen molar-refractivity contribution in [3.05, 3.63) is 5.15 Å². The van der Waals surface area contributed by atoms with Gasteiger partial charge in [-0.2, -0.15) is 8.75 Å². The van der Waals surface area contributed by atoms with Crippen LogP contribution in [0.15, 0.2) is 0 Å². The molecule has 1 rings (SSSR count). The number of ether oxygens (including phenoxy) is 1. The van der Waals surface area contributed by atoms with Crippen LogP contribution in [0.3, 0.4) is 0 Å². The van der Waals surface area contributed by atoms with Crippen molar-refractivity contribution in [2.24, 2.45) is 0 Å². The zero-order valence-corrected chi connectivity index (χ0v) is 8.28. The van der Waals surface area contributed by atoms with Gasteiger partial charge in [-0.05, 0) is 6.42 Å². The molecule has 0 aliphatic rings. The molecular formula is C6H10ClN3OS. The molecule has 4 nitrogen and oxygen atoms in total. The van der Waals surface area contributed by atoms with Crippen LogP contribution in [0.2, 0.25) is 5.15 Å². The van der Waals surface area contributed by atoms with E-state index in [1.54, 1.807) is 7.11 Å². The lowest BCUT2D eigenvalue weighted by Crippen LogP contribution is -2.04. The molecule has 12 heavy (non-hydrogen) atoms. The van der Waals surface area contributed by atoms with Crippen molar-refractivity contribution in [3.8, 4) is 0 Å². The molecular weight excluding hydrogens is 198 g/mol. The second kappa shape index (κ2) is 5.29. The van der Waals surface area contributed by atoms with Gasteiger partial charge in [0.25, 0.3) is 0 Å². The molecule has 0 saturated carbocycles. The molecule has 1 N–H and O–H groups in total. The summed E-state index contributed by atoms with van der Waals surface area (Å²) in [7, 11) is 1.68. The van der Waals surface area contributed by atoms with Crippen molar-refractivity contribution in [1.29, 1.82) is 0 Å². The number of hydrogen-bond donors (Lipinski definition) is 1. The summed E-state index contributed by atoms with van der Waals surface area (Å²) >= 11 is 6.80. The average molecular weight is 208 g/mol. The van der Waals surface area contributed by atoms with Gasteiger partial charge in [-0.15, -0.1) is 0 Å². The van der Waals surface area contributed by atoms with E-state index in [1.807, 2.05) is 0 Å². The molecule has 0 aliphatic heterocycles. The predicted molar refractivity (Wildman–Crippen MR) is 49.9 cm³/mol. The van der Waals surface area contributed by atoms with Gasteiger partial charge in [0.2, 0.25) is 0 Å². The first kappa shape index (κ1) is 9.70.